The number of furan rings is 1. The van der Waals surface area contributed by atoms with Crippen molar-refractivity contribution in [1.82, 2.24) is 0 Å². The van der Waals surface area contributed by atoms with Gasteiger partial charge in [0.2, 0.25) is 11.6 Å². The summed E-state index contributed by atoms with van der Waals surface area (Å²) in [5, 5.41) is 10.8. The molecule has 192 valence electrons. The van der Waals surface area contributed by atoms with Gasteiger partial charge >= 0.3 is 5.97 Å². The lowest BCUT2D eigenvalue weighted by Gasteiger charge is -2.28. The molecule has 8 nitrogen and oxygen atoms in total. The molecule has 0 bridgehead atoms. The maximum Gasteiger partial charge on any atom is 0.379 e. The number of hydrogen-bond acceptors (Lipinski definition) is 8. The number of nitrogens with two attached hydrogens (primary N) is 1. The Morgan fingerprint density at radius 3 is 2.53 bits per heavy atom. The van der Waals surface area contributed by atoms with E-state index in [1.165, 1.54) is 0 Å². The lowest BCUT2D eigenvalue weighted by atomic mass is 9.83. The number of allylic oxidation sites excluding steroid dienone is 1. The highest BCUT2D eigenvalue weighted by atomic mass is 16.5. The van der Waals surface area contributed by atoms with E-state index in [-0.39, 0.29) is 23.0 Å². The number of nitrogens with zero attached hydrogens (tertiary/aromatic N) is 1. The van der Waals surface area contributed by atoms with Crippen molar-refractivity contribution >= 4 is 16.9 Å². The SMILES string of the molecule is CCc1ccc2oc(C(=O)Oc3ccc4c(c3)OC(N)=C(C#N)C4c3cc(OC)ccc3OC)c(C)c2c1. The van der Waals surface area contributed by atoms with E-state index in [4.69, 9.17) is 29.1 Å². The Balaban J connectivity index is 1.51. The average molecular weight is 511 g/mol. The molecule has 1 aliphatic heterocycles. The summed E-state index contributed by atoms with van der Waals surface area (Å²) >= 11 is 0. The van der Waals surface area contributed by atoms with Crippen molar-refractivity contribution in [1.29, 1.82) is 5.26 Å². The van der Waals surface area contributed by atoms with Crippen molar-refractivity contribution in [2.24, 2.45) is 5.73 Å². The van der Waals surface area contributed by atoms with Crippen molar-refractivity contribution in [3.05, 3.63) is 94.1 Å². The molecule has 8 heteroatoms. The molecule has 1 aliphatic rings. The van der Waals surface area contributed by atoms with Gasteiger partial charge in [-0.05, 0) is 55.3 Å². The number of rotatable bonds is 6. The lowest BCUT2D eigenvalue weighted by Crippen LogP contribution is -2.21. The number of nitriles is 1. The molecule has 1 aromatic heterocycles. The molecular weight excluding hydrogens is 484 g/mol. The minimum atomic E-state index is -0.625. The third kappa shape index (κ3) is 4.18. The van der Waals surface area contributed by atoms with E-state index < -0.39 is 11.9 Å². The summed E-state index contributed by atoms with van der Waals surface area (Å²) < 4.78 is 28.2. The van der Waals surface area contributed by atoms with Gasteiger partial charge in [-0.25, -0.2) is 4.79 Å². The van der Waals surface area contributed by atoms with Crippen LogP contribution in [-0.4, -0.2) is 20.2 Å². The number of fused-ring (bicyclic) bond motifs is 2. The molecule has 0 spiro atoms. The molecule has 1 atom stereocenters. The second-order valence-electron chi connectivity index (χ2n) is 8.86. The molecule has 0 aliphatic carbocycles. The van der Waals surface area contributed by atoms with E-state index in [1.54, 1.807) is 50.6 Å². The summed E-state index contributed by atoms with van der Waals surface area (Å²) in [7, 11) is 3.11. The van der Waals surface area contributed by atoms with Crippen LogP contribution in [0.25, 0.3) is 11.0 Å². The normalized spacial score (nSPS) is 14.4. The van der Waals surface area contributed by atoms with Crippen molar-refractivity contribution in [2.75, 3.05) is 14.2 Å². The van der Waals surface area contributed by atoms with Gasteiger partial charge in [0.05, 0.1) is 20.1 Å². The third-order valence-electron chi connectivity index (χ3n) is 6.74. The summed E-state index contributed by atoms with van der Waals surface area (Å²) in [5.41, 5.74) is 10.2. The monoisotopic (exact) mass is 510 g/mol. The average Bonchev–Trinajstić information content (AvgIpc) is 3.27. The number of carbonyl (C=O) groups excluding carboxylic acids is 1. The second kappa shape index (κ2) is 9.87. The van der Waals surface area contributed by atoms with Crippen LogP contribution < -0.4 is 24.7 Å². The lowest BCUT2D eigenvalue weighted by molar-refractivity contribution is 0.0702. The van der Waals surface area contributed by atoms with Crippen LogP contribution in [0.2, 0.25) is 0 Å². The minimum absolute atomic E-state index is 0.0433. The van der Waals surface area contributed by atoms with Gasteiger partial charge in [-0.15, -0.1) is 0 Å². The fraction of sp³-hybridized carbons (Fsp3) is 0.200. The summed E-state index contributed by atoms with van der Waals surface area (Å²) in [6.45, 7) is 3.90. The van der Waals surface area contributed by atoms with E-state index in [2.05, 4.69) is 13.0 Å². The van der Waals surface area contributed by atoms with Crippen molar-refractivity contribution in [2.45, 2.75) is 26.2 Å². The molecule has 0 saturated carbocycles. The molecule has 0 radical (unpaired) electrons. The van der Waals surface area contributed by atoms with E-state index in [0.29, 0.717) is 39.5 Å². The predicted octanol–water partition coefficient (Wildman–Crippen LogP) is 5.76. The molecule has 0 fully saturated rings. The fourth-order valence-corrected chi connectivity index (χ4v) is 4.72. The number of hydrogen-bond donors (Lipinski definition) is 1. The Morgan fingerprint density at radius 2 is 1.82 bits per heavy atom. The highest BCUT2D eigenvalue weighted by Crippen LogP contribution is 2.46. The Kier molecular flexibility index (Phi) is 6.43. The Bertz CT molecular complexity index is 1640. The fourth-order valence-electron chi connectivity index (χ4n) is 4.72. The Labute approximate surface area is 219 Å². The zero-order valence-corrected chi connectivity index (χ0v) is 21.5. The first-order valence-corrected chi connectivity index (χ1v) is 12.1. The first-order chi connectivity index (χ1) is 18.4. The van der Waals surface area contributed by atoms with Crippen molar-refractivity contribution < 1.29 is 28.2 Å². The quantitative estimate of drug-likeness (QED) is 0.257. The molecule has 4 aromatic rings. The van der Waals surface area contributed by atoms with Crippen LogP contribution in [0.3, 0.4) is 0 Å². The van der Waals surface area contributed by atoms with E-state index in [1.807, 2.05) is 25.1 Å². The van der Waals surface area contributed by atoms with Crippen LogP contribution in [0, 0.1) is 18.3 Å². The van der Waals surface area contributed by atoms with Crippen LogP contribution in [0.15, 0.2) is 70.5 Å². The summed E-state index contributed by atoms with van der Waals surface area (Å²) in [4.78, 5) is 13.1. The largest absolute Gasteiger partial charge is 0.497 e. The molecule has 0 saturated heterocycles. The van der Waals surface area contributed by atoms with Crippen molar-refractivity contribution in [3.8, 4) is 29.1 Å². The van der Waals surface area contributed by atoms with Gasteiger partial charge in [0.15, 0.2) is 0 Å². The Morgan fingerprint density at radius 1 is 1.03 bits per heavy atom. The van der Waals surface area contributed by atoms with E-state index >= 15 is 0 Å². The van der Waals surface area contributed by atoms with Crippen molar-refractivity contribution in [3.63, 3.8) is 0 Å². The molecule has 5 rings (SSSR count). The number of esters is 1. The zero-order valence-electron chi connectivity index (χ0n) is 21.5. The number of carbonyl (C=O) groups is 1. The molecule has 1 unspecified atom stereocenters. The van der Waals surface area contributed by atoms with Gasteiger partial charge < -0.3 is 29.1 Å². The highest BCUT2D eigenvalue weighted by Gasteiger charge is 2.33. The van der Waals surface area contributed by atoms with E-state index in [0.717, 1.165) is 17.4 Å². The number of methoxy groups -OCH3 is 2. The van der Waals surface area contributed by atoms with Gasteiger partial charge in [0, 0.05) is 28.1 Å². The molecule has 2 heterocycles. The maximum atomic E-state index is 13.1. The molecular formula is C30H26N2O6. The predicted molar refractivity (Wildman–Crippen MR) is 141 cm³/mol. The highest BCUT2D eigenvalue weighted by molar-refractivity contribution is 5.97. The standard InChI is InChI=1S/C30H26N2O6/c1-5-17-6-10-25-21(12-17)16(2)28(37-25)30(33)36-19-7-9-20-26(14-19)38-29(32)23(15-31)27(20)22-13-18(34-3)8-11-24(22)35-4/h6-14,27H,5,32H2,1-4H3. The molecule has 3 aromatic carbocycles. The topological polar surface area (TPSA) is 117 Å². The Hall–Kier alpha value is -4.90. The molecule has 38 heavy (non-hydrogen) atoms. The molecule has 0 amide bonds. The van der Waals surface area contributed by atoms with Crippen LogP contribution in [-0.2, 0) is 6.42 Å². The van der Waals surface area contributed by atoms with Gasteiger partial charge in [-0.3, -0.25) is 0 Å². The van der Waals surface area contributed by atoms with Crippen LogP contribution in [0.4, 0.5) is 0 Å². The summed E-state index contributed by atoms with van der Waals surface area (Å²) in [6, 6.07) is 18.3. The third-order valence-corrected chi connectivity index (χ3v) is 6.74. The first-order valence-electron chi connectivity index (χ1n) is 12.1. The van der Waals surface area contributed by atoms with E-state index in [9.17, 15) is 10.1 Å². The van der Waals surface area contributed by atoms with Gasteiger partial charge in [0.25, 0.3) is 0 Å². The number of benzene rings is 3. The van der Waals surface area contributed by atoms with Gasteiger partial charge in [-0.2, -0.15) is 5.26 Å². The smallest absolute Gasteiger partial charge is 0.379 e. The summed E-state index contributed by atoms with van der Waals surface area (Å²) in [6.07, 6.45) is 0.878. The van der Waals surface area contributed by atoms with Gasteiger partial charge in [-0.1, -0.05) is 19.1 Å². The first kappa shape index (κ1) is 24.8. The van der Waals surface area contributed by atoms with Crippen LogP contribution >= 0.6 is 0 Å². The number of ether oxygens (including phenoxy) is 4. The maximum absolute atomic E-state index is 13.1. The van der Waals surface area contributed by atoms with Gasteiger partial charge in [0.1, 0.15) is 40.2 Å². The molecule has 2 N–H and O–H groups in total. The number of aryl methyl sites for hydroxylation is 2. The van der Waals surface area contributed by atoms with Crippen LogP contribution in [0.5, 0.6) is 23.0 Å². The zero-order chi connectivity index (χ0) is 27.0. The minimum Gasteiger partial charge on any atom is -0.497 e. The van der Waals surface area contributed by atoms with Crippen LogP contribution in [0.1, 0.15) is 45.7 Å². The summed E-state index contributed by atoms with van der Waals surface area (Å²) in [5.74, 6) is 0.649. The second-order valence-corrected chi connectivity index (χ2v) is 8.86.